The van der Waals surface area contributed by atoms with Crippen molar-refractivity contribution in [3.8, 4) is 0 Å². The van der Waals surface area contributed by atoms with E-state index in [-0.39, 0.29) is 5.41 Å². The van der Waals surface area contributed by atoms with Crippen LogP contribution in [0.4, 0.5) is 0 Å². The van der Waals surface area contributed by atoms with E-state index >= 15 is 0 Å². The smallest absolute Gasteiger partial charge is 0.144 e. The van der Waals surface area contributed by atoms with Crippen LogP contribution in [0.25, 0.3) is 0 Å². The molecule has 4 N–H and O–H groups in total. The van der Waals surface area contributed by atoms with Crippen LogP contribution >= 0.6 is 0 Å². The summed E-state index contributed by atoms with van der Waals surface area (Å²) in [5, 5.41) is 15.2. The SMILES string of the molecule is CC(C)(CCCNCCCCn1ccnc1)C(N)=NO. The highest BCUT2D eigenvalue weighted by Gasteiger charge is 2.22. The number of unbranched alkanes of at least 4 members (excludes halogenated alkanes) is 1. The minimum absolute atomic E-state index is 0.238. The van der Waals surface area contributed by atoms with E-state index in [1.807, 2.05) is 26.4 Å². The van der Waals surface area contributed by atoms with E-state index in [0.717, 1.165) is 45.3 Å². The molecule has 1 heterocycles. The number of aromatic nitrogens is 2. The predicted octanol–water partition coefficient (Wildman–Crippen LogP) is 1.81. The van der Waals surface area contributed by atoms with Gasteiger partial charge in [-0.05, 0) is 38.8 Å². The van der Waals surface area contributed by atoms with Crippen molar-refractivity contribution in [3.63, 3.8) is 0 Å². The molecule has 0 atom stereocenters. The highest BCUT2D eigenvalue weighted by molar-refractivity contribution is 5.85. The molecular formula is C14H27N5O. The van der Waals surface area contributed by atoms with Crippen LogP contribution in [0.1, 0.15) is 39.5 Å². The molecule has 1 aromatic rings. The lowest BCUT2D eigenvalue weighted by Crippen LogP contribution is -2.32. The summed E-state index contributed by atoms with van der Waals surface area (Å²) in [4.78, 5) is 4.02. The number of oxime groups is 1. The van der Waals surface area contributed by atoms with Crippen molar-refractivity contribution in [2.75, 3.05) is 13.1 Å². The molecular weight excluding hydrogens is 254 g/mol. The maximum absolute atomic E-state index is 8.69. The minimum atomic E-state index is -0.238. The zero-order chi connectivity index (χ0) is 14.8. The van der Waals surface area contributed by atoms with Gasteiger partial charge < -0.3 is 20.8 Å². The van der Waals surface area contributed by atoms with Gasteiger partial charge in [0.15, 0.2) is 0 Å². The van der Waals surface area contributed by atoms with E-state index < -0.39 is 0 Å². The van der Waals surface area contributed by atoms with Gasteiger partial charge in [-0.3, -0.25) is 0 Å². The molecule has 0 aliphatic carbocycles. The Balaban J connectivity index is 1.97. The number of nitrogens with two attached hydrogens (primary N) is 1. The Hall–Kier alpha value is -1.56. The first-order chi connectivity index (χ1) is 9.56. The number of aryl methyl sites for hydroxylation is 1. The number of imidazole rings is 1. The van der Waals surface area contributed by atoms with Crippen LogP contribution in [0.15, 0.2) is 23.9 Å². The molecule has 1 rings (SSSR count). The van der Waals surface area contributed by atoms with Gasteiger partial charge >= 0.3 is 0 Å². The van der Waals surface area contributed by atoms with Crippen LogP contribution in [0.5, 0.6) is 0 Å². The average Bonchev–Trinajstić information content (AvgIpc) is 2.93. The molecule has 0 spiro atoms. The molecule has 0 amide bonds. The molecule has 6 nitrogen and oxygen atoms in total. The second kappa shape index (κ2) is 8.58. The number of nitrogens with one attached hydrogen (secondary N) is 1. The molecule has 0 aromatic carbocycles. The molecule has 0 radical (unpaired) electrons. The molecule has 6 heteroatoms. The predicted molar refractivity (Wildman–Crippen MR) is 80.8 cm³/mol. The molecule has 114 valence electrons. The first kappa shape index (κ1) is 16.5. The van der Waals surface area contributed by atoms with E-state index in [9.17, 15) is 0 Å². The summed E-state index contributed by atoms with van der Waals surface area (Å²) in [6.45, 7) is 7.00. The number of nitrogens with zero attached hydrogens (tertiary/aromatic N) is 3. The highest BCUT2D eigenvalue weighted by Crippen LogP contribution is 2.21. The minimum Gasteiger partial charge on any atom is -0.409 e. The van der Waals surface area contributed by atoms with Crippen LogP contribution in [0, 0.1) is 5.41 Å². The second-order valence-corrected chi connectivity index (χ2v) is 5.73. The van der Waals surface area contributed by atoms with E-state index in [4.69, 9.17) is 10.9 Å². The molecule has 0 saturated carbocycles. The summed E-state index contributed by atoms with van der Waals surface area (Å²) >= 11 is 0. The Morgan fingerprint density at radius 1 is 1.35 bits per heavy atom. The second-order valence-electron chi connectivity index (χ2n) is 5.73. The van der Waals surface area contributed by atoms with Crippen molar-refractivity contribution in [2.45, 2.75) is 46.1 Å². The molecule has 0 aliphatic heterocycles. The largest absolute Gasteiger partial charge is 0.409 e. The van der Waals surface area contributed by atoms with Crippen molar-refractivity contribution in [1.29, 1.82) is 0 Å². The lowest BCUT2D eigenvalue weighted by molar-refractivity contribution is 0.304. The molecule has 0 aliphatic rings. The molecule has 0 bridgehead atoms. The van der Waals surface area contributed by atoms with Gasteiger partial charge in [0.05, 0.1) is 6.33 Å². The third kappa shape index (κ3) is 6.06. The van der Waals surface area contributed by atoms with Crippen LogP contribution in [-0.4, -0.2) is 33.7 Å². The summed E-state index contributed by atoms with van der Waals surface area (Å²) in [6.07, 6.45) is 9.88. The summed E-state index contributed by atoms with van der Waals surface area (Å²) < 4.78 is 2.10. The summed E-state index contributed by atoms with van der Waals surface area (Å²) in [5.74, 6) is 0.304. The van der Waals surface area contributed by atoms with Crippen molar-refractivity contribution < 1.29 is 5.21 Å². The first-order valence-electron chi connectivity index (χ1n) is 7.21. The maximum Gasteiger partial charge on any atom is 0.144 e. The summed E-state index contributed by atoms with van der Waals surface area (Å²) in [5.41, 5.74) is 5.41. The number of rotatable bonds is 10. The first-order valence-corrected chi connectivity index (χ1v) is 7.21. The van der Waals surface area contributed by atoms with Gasteiger partial charge in [-0.2, -0.15) is 0 Å². The third-order valence-corrected chi connectivity index (χ3v) is 3.54. The molecule has 1 aromatic heterocycles. The Labute approximate surface area is 121 Å². The fraction of sp³-hybridized carbons (Fsp3) is 0.714. The number of hydrogen-bond acceptors (Lipinski definition) is 4. The molecule has 20 heavy (non-hydrogen) atoms. The number of amidine groups is 1. The van der Waals surface area contributed by atoms with Crippen molar-refractivity contribution in [2.24, 2.45) is 16.3 Å². The van der Waals surface area contributed by atoms with E-state index in [1.54, 1.807) is 6.20 Å². The normalized spacial score (nSPS) is 12.8. The topological polar surface area (TPSA) is 88.5 Å². The third-order valence-electron chi connectivity index (χ3n) is 3.54. The maximum atomic E-state index is 8.69. The van der Waals surface area contributed by atoms with Gasteiger partial charge in [0.2, 0.25) is 0 Å². The quantitative estimate of drug-likeness (QED) is 0.201. The van der Waals surface area contributed by atoms with Crippen LogP contribution in [0.3, 0.4) is 0 Å². The fourth-order valence-electron chi connectivity index (χ4n) is 2.01. The van der Waals surface area contributed by atoms with Crippen LogP contribution in [-0.2, 0) is 6.54 Å². The average molecular weight is 281 g/mol. The zero-order valence-corrected chi connectivity index (χ0v) is 12.5. The Kier molecular flexibility index (Phi) is 7.08. The van der Waals surface area contributed by atoms with E-state index in [1.165, 1.54) is 0 Å². The molecule has 0 saturated heterocycles. The summed E-state index contributed by atoms with van der Waals surface area (Å²) in [7, 11) is 0. The van der Waals surface area contributed by atoms with Crippen molar-refractivity contribution >= 4 is 5.84 Å². The van der Waals surface area contributed by atoms with Gasteiger partial charge in [-0.15, -0.1) is 0 Å². The van der Waals surface area contributed by atoms with Gasteiger partial charge in [-0.1, -0.05) is 19.0 Å². The summed E-state index contributed by atoms with van der Waals surface area (Å²) in [6, 6.07) is 0. The Morgan fingerprint density at radius 3 is 2.75 bits per heavy atom. The van der Waals surface area contributed by atoms with Gasteiger partial charge in [-0.25, -0.2) is 4.98 Å². The van der Waals surface area contributed by atoms with Gasteiger partial charge in [0.1, 0.15) is 5.84 Å². The molecule has 0 unspecified atom stereocenters. The Morgan fingerprint density at radius 2 is 2.10 bits per heavy atom. The van der Waals surface area contributed by atoms with Gasteiger partial charge in [0.25, 0.3) is 0 Å². The van der Waals surface area contributed by atoms with Gasteiger partial charge in [0, 0.05) is 24.4 Å². The van der Waals surface area contributed by atoms with Crippen LogP contribution < -0.4 is 11.1 Å². The van der Waals surface area contributed by atoms with Crippen molar-refractivity contribution in [3.05, 3.63) is 18.7 Å². The fourth-order valence-corrected chi connectivity index (χ4v) is 2.01. The van der Waals surface area contributed by atoms with Crippen molar-refractivity contribution in [1.82, 2.24) is 14.9 Å². The standard InChI is InChI=1S/C14H27N5O/c1-14(2,13(15)18-20)6-5-8-16-7-3-4-10-19-11-9-17-12-19/h9,11-12,16,20H,3-8,10H2,1-2H3,(H2,15,18). The molecule has 0 fully saturated rings. The van der Waals surface area contributed by atoms with E-state index in [2.05, 4.69) is 20.0 Å². The van der Waals surface area contributed by atoms with Crippen LogP contribution in [0.2, 0.25) is 0 Å². The number of hydrogen-bond donors (Lipinski definition) is 3. The lowest BCUT2D eigenvalue weighted by Gasteiger charge is -2.22. The highest BCUT2D eigenvalue weighted by atomic mass is 16.4. The lowest BCUT2D eigenvalue weighted by atomic mass is 9.86. The monoisotopic (exact) mass is 281 g/mol. The van der Waals surface area contributed by atoms with E-state index in [0.29, 0.717) is 5.84 Å². The Bertz CT molecular complexity index is 386. The zero-order valence-electron chi connectivity index (χ0n) is 12.5.